The number of nitrogens with two attached hydrogens (primary N) is 1. The Morgan fingerprint density at radius 2 is 1.61 bits per heavy atom. The maximum Gasteiger partial charge on any atom is 0.236 e. The minimum absolute atomic E-state index is 0.113. The number of Topliss-reactive ketones (excluding diaryl/α,β-unsaturated/α-hetero) is 1. The molecule has 0 amide bonds. The number of carbonyl (C=O) groups excluding carboxylic acids is 2. The second-order valence-corrected chi connectivity index (χ2v) is 9.10. The summed E-state index contributed by atoms with van der Waals surface area (Å²) in [4.78, 5) is 26.7. The Hall–Kier alpha value is -2.43. The zero-order chi connectivity index (χ0) is 23.9. The van der Waals surface area contributed by atoms with Gasteiger partial charge in [0, 0.05) is 22.0 Å². The molecule has 2 aliphatic rings. The van der Waals surface area contributed by atoms with Gasteiger partial charge in [-0.05, 0) is 55.9 Å². The number of hydrogen-bond acceptors (Lipinski definition) is 5. The fourth-order valence-corrected chi connectivity index (χ4v) is 5.20. The highest BCUT2D eigenvalue weighted by Gasteiger charge is 2.41. The second kappa shape index (κ2) is 11.1. The number of halogens is 2. The number of benzene rings is 2. The Kier molecular flexibility index (Phi) is 8.50. The van der Waals surface area contributed by atoms with Crippen LogP contribution < -0.4 is 5.73 Å². The van der Waals surface area contributed by atoms with E-state index >= 15 is 0 Å². The molecule has 2 atom stereocenters. The number of nitrogens with zero attached hydrogens (tertiary/aromatic N) is 1. The molecule has 2 N–H and O–H groups in total. The maximum atomic E-state index is 11.9. The number of ketones is 1. The van der Waals surface area contributed by atoms with E-state index in [0.717, 1.165) is 36.8 Å². The Morgan fingerprint density at radius 1 is 0.970 bits per heavy atom. The molecule has 7 heteroatoms. The van der Waals surface area contributed by atoms with E-state index in [0.29, 0.717) is 35.1 Å². The summed E-state index contributed by atoms with van der Waals surface area (Å²) >= 11 is 12.3. The first kappa shape index (κ1) is 25.2. The van der Waals surface area contributed by atoms with Crippen LogP contribution in [0.4, 0.5) is 0 Å². The van der Waals surface area contributed by atoms with Crippen LogP contribution in [-0.4, -0.2) is 19.0 Å². The standard InChI is InChI=1S/C14H14ClNO2.C12H14ClNO/c1-18-13-8-4-5-9-14(13,16-10-17)11-6-2-3-7-12(11)15;13-10-6-2-1-5-9(10)12(14)8-4-3-7-11(12)15/h2-3,6-8H,4-5,9H2,1H3;1-2,5-6H,3-4,7-8,14H2/t14-;12-/m00/s1. The molecule has 2 aromatic carbocycles. The van der Waals surface area contributed by atoms with Gasteiger partial charge in [0.1, 0.15) is 11.3 Å². The molecule has 0 unspecified atom stereocenters. The third kappa shape index (κ3) is 5.23. The van der Waals surface area contributed by atoms with Gasteiger partial charge in [-0.3, -0.25) is 4.79 Å². The van der Waals surface area contributed by atoms with Crippen LogP contribution in [0, 0.1) is 0 Å². The van der Waals surface area contributed by atoms with E-state index in [1.165, 1.54) is 0 Å². The number of carbonyl (C=O) groups is 1. The van der Waals surface area contributed by atoms with E-state index in [4.69, 9.17) is 33.7 Å². The Labute approximate surface area is 204 Å². The molecular formula is C26H28Cl2N2O3. The highest BCUT2D eigenvalue weighted by atomic mass is 35.5. The molecule has 0 aromatic heterocycles. The molecule has 0 aliphatic heterocycles. The number of allylic oxidation sites excluding steroid dienone is 1. The molecule has 174 valence electrons. The molecule has 0 heterocycles. The van der Waals surface area contributed by atoms with E-state index in [1.54, 1.807) is 25.3 Å². The molecule has 0 bridgehead atoms. The van der Waals surface area contributed by atoms with Crippen molar-refractivity contribution >= 4 is 35.1 Å². The average molecular weight is 487 g/mol. The monoisotopic (exact) mass is 486 g/mol. The SMILES string of the molecule is COC1=CCCC[C@]1(N=C=O)c1ccccc1Cl.N[C@]1(c2ccccc2Cl)CCCCC1=O. The normalized spacial score (nSPS) is 24.6. The lowest BCUT2D eigenvalue weighted by Crippen LogP contribution is -2.47. The van der Waals surface area contributed by atoms with Crippen LogP contribution in [0.1, 0.15) is 56.1 Å². The first-order valence-electron chi connectivity index (χ1n) is 11.0. The summed E-state index contributed by atoms with van der Waals surface area (Å²) in [6, 6.07) is 14.8. The molecule has 0 saturated heterocycles. The lowest BCUT2D eigenvalue weighted by atomic mass is 9.76. The van der Waals surface area contributed by atoms with Crippen molar-refractivity contribution in [3.63, 3.8) is 0 Å². The van der Waals surface area contributed by atoms with Gasteiger partial charge in [-0.25, -0.2) is 4.79 Å². The van der Waals surface area contributed by atoms with Crippen LogP contribution in [0.15, 0.2) is 65.4 Å². The fourth-order valence-electron chi connectivity index (χ4n) is 4.61. The second-order valence-electron chi connectivity index (χ2n) is 8.29. The highest BCUT2D eigenvalue weighted by molar-refractivity contribution is 6.32. The third-order valence-electron chi connectivity index (χ3n) is 6.33. The van der Waals surface area contributed by atoms with E-state index in [9.17, 15) is 9.59 Å². The van der Waals surface area contributed by atoms with Gasteiger partial charge in [-0.2, -0.15) is 4.99 Å². The molecule has 1 saturated carbocycles. The summed E-state index contributed by atoms with van der Waals surface area (Å²) in [6.45, 7) is 0. The molecule has 2 aromatic rings. The molecule has 0 radical (unpaired) electrons. The number of methoxy groups -OCH3 is 1. The summed E-state index contributed by atoms with van der Waals surface area (Å²) in [5, 5.41) is 1.18. The number of aliphatic imine (C=N–C) groups is 1. The van der Waals surface area contributed by atoms with Gasteiger partial charge in [0.2, 0.25) is 6.08 Å². The summed E-state index contributed by atoms with van der Waals surface area (Å²) in [6.07, 6.45) is 9.40. The molecule has 1 fully saturated rings. The lowest BCUT2D eigenvalue weighted by Gasteiger charge is -2.33. The van der Waals surface area contributed by atoms with Crippen molar-refractivity contribution < 1.29 is 14.3 Å². The summed E-state index contributed by atoms with van der Waals surface area (Å²) < 4.78 is 5.40. The summed E-state index contributed by atoms with van der Waals surface area (Å²) in [7, 11) is 1.59. The van der Waals surface area contributed by atoms with Gasteiger partial charge in [0.15, 0.2) is 11.3 Å². The van der Waals surface area contributed by atoms with Crippen molar-refractivity contribution in [3.05, 3.63) is 81.5 Å². The lowest BCUT2D eigenvalue weighted by molar-refractivity contribution is -0.126. The first-order valence-corrected chi connectivity index (χ1v) is 11.8. The minimum Gasteiger partial charge on any atom is -0.498 e. The first-order chi connectivity index (χ1) is 15.9. The molecular weight excluding hydrogens is 459 g/mol. The Morgan fingerprint density at radius 3 is 2.18 bits per heavy atom. The zero-order valence-electron chi connectivity index (χ0n) is 18.7. The van der Waals surface area contributed by atoms with Crippen molar-refractivity contribution in [1.29, 1.82) is 0 Å². The van der Waals surface area contributed by atoms with Crippen molar-refractivity contribution in [1.82, 2.24) is 0 Å². The van der Waals surface area contributed by atoms with Gasteiger partial charge in [0.05, 0.1) is 7.11 Å². The van der Waals surface area contributed by atoms with E-state index in [-0.39, 0.29) is 5.78 Å². The van der Waals surface area contributed by atoms with Gasteiger partial charge in [-0.1, -0.05) is 66.0 Å². The van der Waals surface area contributed by atoms with Crippen molar-refractivity contribution in [3.8, 4) is 0 Å². The van der Waals surface area contributed by atoms with Gasteiger partial charge in [0.25, 0.3) is 0 Å². The Bertz CT molecular complexity index is 1080. The topological polar surface area (TPSA) is 81.8 Å². The quantitative estimate of drug-likeness (QED) is 0.410. The van der Waals surface area contributed by atoms with Gasteiger partial charge < -0.3 is 10.5 Å². The largest absolute Gasteiger partial charge is 0.498 e. The summed E-state index contributed by atoms with van der Waals surface area (Å²) in [5.41, 5.74) is 6.10. The van der Waals surface area contributed by atoms with Gasteiger partial charge >= 0.3 is 0 Å². The fraction of sp³-hybridized carbons (Fsp3) is 0.385. The minimum atomic E-state index is -0.851. The van der Waals surface area contributed by atoms with Crippen LogP contribution in [0.25, 0.3) is 0 Å². The summed E-state index contributed by atoms with van der Waals surface area (Å²) in [5.74, 6) is 0.784. The number of ether oxygens (including phenoxy) is 1. The van der Waals surface area contributed by atoms with Crippen LogP contribution in [0.2, 0.25) is 10.0 Å². The van der Waals surface area contributed by atoms with Crippen LogP contribution >= 0.6 is 23.2 Å². The van der Waals surface area contributed by atoms with Crippen LogP contribution in [0.5, 0.6) is 0 Å². The van der Waals surface area contributed by atoms with Crippen molar-refractivity contribution in [2.24, 2.45) is 10.7 Å². The number of hydrogen-bond donors (Lipinski definition) is 1. The predicted molar refractivity (Wildman–Crippen MR) is 131 cm³/mol. The molecule has 4 rings (SSSR count). The maximum absolute atomic E-state index is 11.9. The predicted octanol–water partition coefficient (Wildman–Crippen LogP) is 6.22. The Balaban J connectivity index is 0.000000189. The van der Waals surface area contributed by atoms with E-state index in [1.807, 2.05) is 42.5 Å². The van der Waals surface area contributed by atoms with Gasteiger partial charge in [-0.15, -0.1) is 0 Å². The molecule has 2 aliphatic carbocycles. The number of rotatable bonds is 4. The smallest absolute Gasteiger partial charge is 0.236 e. The average Bonchev–Trinajstić information content (AvgIpc) is 2.82. The van der Waals surface area contributed by atoms with Crippen LogP contribution in [0.3, 0.4) is 0 Å². The molecule has 5 nitrogen and oxygen atoms in total. The van der Waals surface area contributed by atoms with E-state index in [2.05, 4.69) is 4.99 Å². The highest BCUT2D eigenvalue weighted by Crippen LogP contribution is 2.44. The molecule has 33 heavy (non-hydrogen) atoms. The van der Waals surface area contributed by atoms with Crippen molar-refractivity contribution in [2.75, 3.05) is 7.11 Å². The molecule has 0 spiro atoms. The third-order valence-corrected chi connectivity index (χ3v) is 6.99. The zero-order valence-corrected chi connectivity index (χ0v) is 20.2. The van der Waals surface area contributed by atoms with Crippen LogP contribution in [-0.2, 0) is 25.4 Å². The van der Waals surface area contributed by atoms with E-state index < -0.39 is 11.1 Å². The van der Waals surface area contributed by atoms with Crippen molar-refractivity contribution in [2.45, 2.75) is 56.0 Å². The number of isocyanates is 1.